The van der Waals surface area contributed by atoms with E-state index in [2.05, 4.69) is 11.4 Å². The zero-order valence-electron chi connectivity index (χ0n) is 18.3. The molecule has 7 heteroatoms. The number of nitrogens with one attached hydrogen (secondary N) is 1. The van der Waals surface area contributed by atoms with Crippen LogP contribution in [-0.4, -0.2) is 37.0 Å². The largest absolute Gasteiger partial charge is 0.394 e. The summed E-state index contributed by atoms with van der Waals surface area (Å²) in [5.41, 5.74) is 5.00. The minimum absolute atomic E-state index is 0.0301. The van der Waals surface area contributed by atoms with Crippen LogP contribution >= 0.6 is 0 Å². The SMILES string of the molecule is Cc1ccccc1S(=O)(=O)N1CC[C@H]2[C@H](CO)Nc3ccc(-c4ccc(C#N)cc4)cc3[C@H]21. The molecular formula is C26H25N3O3S. The summed E-state index contributed by atoms with van der Waals surface area (Å²) >= 11 is 0. The van der Waals surface area contributed by atoms with Gasteiger partial charge in [-0.05, 0) is 65.9 Å². The van der Waals surface area contributed by atoms with Crippen LogP contribution in [0.5, 0.6) is 0 Å². The van der Waals surface area contributed by atoms with Gasteiger partial charge in [0.1, 0.15) is 0 Å². The van der Waals surface area contributed by atoms with Crippen LogP contribution in [0.2, 0.25) is 0 Å². The zero-order valence-corrected chi connectivity index (χ0v) is 19.1. The lowest BCUT2D eigenvalue weighted by Gasteiger charge is -2.39. The number of sulfonamides is 1. The van der Waals surface area contributed by atoms with Crippen LogP contribution in [0.4, 0.5) is 5.69 Å². The van der Waals surface area contributed by atoms with Crippen molar-refractivity contribution in [2.75, 3.05) is 18.5 Å². The monoisotopic (exact) mass is 459 g/mol. The Morgan fingerprint density at radius 1 is 1.09 bits per heavy atom. The van der Waals surface area contributed by atoms with Gasteiger partial charge in [0.05, 0.1) is 35.2 Å². The maximum atomic E-state index is 13.8. The summed E-state index contributed by atoms with van der Waals surface area (Å²) in [5.74, 6) is -0.0301. The highest BCUT2D eigenvalue weighted by atomic mass is 32.2. The maximum absolute atomic E-state index is 13.8. The Morgan fingerprint density at radius 3 is 2.52 bits per heavy atom. The number of fused-ring (bicyclic) bond motifs is 3. The van der Waals surface area contributed by atoms with Gasteiger partial charge in [0.25, 0.3) is 0 Å². The summed E-state index contributed by atoms with van der Waals surface area (Å²) in [4.78, 5) is 0.328. The summed E-state index contributed by atoms with van der Waals surface area (Å²) < 4.78 is 29.1. The molecule has 0 aliphatic carbocycles. The molecule has 168 valence electrons. The van der Waals surface area contributed by atoms with Crippen molar-refractivity contribution < 1.29 is 13.5 Å². The first-order valence-electron chi connectivity index (χ1n) is 11.0. The van der Waals surface area contributed by atoms with Crippen molar-refractivity contribution >= 4 is 15.7 Å². The van der Waals surface area contributed by atoms with E-state index in [9.17, 15) is 13.5 Å². The van der Waals surface area contributed by atoms with E-state index in [0.29, 0.717) is 23.4 Å². The van der Waals surface area contributed by atoms with Crippen LogP contribution in [0.15, 0.2) is 71.6 Å². The number of hydrogen-bond acceptors (Lipinski definition) is 5. The van der Waals surface area contributed by atoms with E-state index in [0.717, 1.165) is 27.9 Å². The molecule has 5 rings (SSSR count). The lowest BCUT2D eigenvalue weighted by Crippen LogP contribution is -2.42. The quantitative estimate of drug-likeness (QED) is 0.613. The Morgan fingerprint density at radius 2 is 1.82 bits per heavy atom. The van der Waals surface area contributed by atoms with E-state index in [1.54, 1.807) is 28.6 Å². The topological polar surface area (TPSA) is 93.4 Å². The van der Waals surface area contributed by atoms with Crippen molar-refractivity contribution in [3.63, 3.8) is 0 Å². The Bertz CT molecular complexity index is 1350. The highest BCUT2D eigenvalue weighted by Crippen LogP contribution is 2.49. The summed E-state index contributed by atoms with van der Waals surface area (Å²) in [6.45, 7) is 2.16. The van der Waals surface area contributed by atoms with Crippen molar-refractivity contribution in [1.82, 2.24) is 4.31 Å². The summed E-state index contributed by atoms with van der Waals surface area (Å²) in [5, 5.41) is 22.5. The summed E-state index contributed by atoms with van der Waals surface area (Å²) in [6, 6.07) is 22.0. The third-order valence-corrected chi connectivity index (χ3v) is 8.89. The van der Waals surface area contributed by atoms with Crippen molar-refractivity contribution in [2.24, 2.45) is 5.92 Å². The van der Waals surface area contributed by atoms with Crippen LogP contribution in [0.25, 0.3) is 11.1 Å². The van der Waals surface area contributed by atoms with Gasteiger partial charge in [-0.25, -0.2) is 8.42 Å². The third kappa shape index (κ3) is 3.61. The molecule has 0 amide bonds. The van der Waals surface area contributed by atoms with E-state index in [1.807, 2.05) is 49.4 Å². The number of rotatable bonds is 4. The fourth-order valence-electron chi connectivity index (χ4n) is 5.18. The second-order valence-corrected chi connectivity index (χ2v) is 10.6. The molecule has 2 aliphatic heterocycles. The van der Waals surface area contributed by atoms with E-state index in [1.165, 1.54) is 0 Å². The molecule has 0 radical (unpaired) electrons. The van der Waals surface area contributed by atoms with E-state index < -0.39 is 10.0 Å². The Hall–Kier alpha value is -3.18. The van der Waals surface area contributed by atoms with Crippen LogP contribution in [-0.2, 0) is 10.0 Å². The van der Waals surface area contributed by atoms with E-state index >= 15 is 0 Å². The van der Waals surface area contributed by atoms with Crippen LogP contribution in [0, 0.1) is 24.2 Å². The molecule has 6 nitrogen and oxygen atoms in total. The minimum Gasteiger partial charge on any atom is -0.394 e. The average molecular weight is 460 g/mol. The fourth-order valence-corrected chi connectivity index (χ4v) is 7.07. The molecule has 2 N–H and O–H groups in total. The lowest BCUT2D eigenvalue weighted by molar-refractivity contribution is 0.210. The lowest BCUT2D eigenvalue weighted by atomic mass is 9.82. The van der Waals surface area contributed by atoms with Crippen molar-refractivity contribution in [3.8, 4) is 17.2 Å². The number of nitrogens with zero attached hydrogens (tertiary/aromatic N) is 2. The molecule has 1 saturated heterocycles. The first kappa shape index (κ1) is 21.7. The van der Waals surface area contributed by atoms with Crippen LogP contribution < -0.4 is 5.32 Å². The summed E-state index contributed by atoms with van der Waals surface area (Å²) in [7, 11) is -3.71. The molecule has 2 aliphatic rings. The summed E-state index contributed by atoms with van der Waals surface area (Å²) in [6.07, 6.45) is 0.675. The van der Waals surface area contributed by atoms with E-state index in [-0.39, 0.29) is 24.6 Å². The molecule has 0 aromatic heterocycles. The van der Waals surface area contributed by atoms with Gasteiger partial charge in [-0.15, -0.1) is 0 Å². The number of aliphatic hydroxyl groups is 1. The first-order chi connectivity index (χ1) is 15.9. The Kier molecular flexibility index (Phi) is 5.45. The molecule has 33 heavy (non-hydrogen) atoms. The Labute approximate surface area is 194 Å². The van der Waals surface area contributed by atoms with Crippen molar-refractivity contribution in [2.45, 2.75) is 30.3 Å². The molecule has 1 fully saturated rings. The van der Waals surface area contributed by atoms with E-state index in [4.69, 9.17) is 5.26 Å². The molecule has 0 saturated carbocycles. The maximum Gasteiger partial charge on any atom is 0.243 e. The van der Waals surface area contributed by atoms with Crippen LogP contribution in [0.1, 0.15) is 29.2 Å². The molecule has 3 aromatic carbocycles. The van der Waals surface area contributed by atoms with Gasteiger partial charge in [-0.1, -0.05) is 36.4 Å². The third-order valence-electron chi connectivity index (χ3n) is 6.85. The van der Waals surface area contributed by atoms with Gasteiger partial charge >= 0.3 is 0 Å². The molecule has 3 aromatic rings. The minimum atomic E-state index is -3.71. The van der Waals surface area contributed by atoms with Gasteiger partial charge in [0.15, 0.2) is 0 Å². The Balaban J connectivity index is 1.61. The smallest absolute Gasteiger partial charge is 0.243 e. The molecule has 0 spiro atoms. The second-order valence-electron chi connectivity index (χ2n) is 8.70. The standard InChI is InChI=1S/C26H25N3O3S/c1-17-4-2-3-5-25(17)33(31,32)29-13-12-21-24(16-30)28-23-11-10-20(14-22(23)26(21)29)19-8-6-18(15-27)7-9-19/h2-11,14,21,24,26,28,30H,12-13,16H2,1H3/t21-,24-,26-/m0/s1. The molecular weight excluding hydrogens is 434 g/mol. The predicted octanol–water partition coefficient (Wildman–Crippen LogP) is 4.07. The van der Waals surface area contributed by atoms with Gasteiger partial charge in [0, 0.05) is 18.2 Å². The van der Waals surface area contributed by atoms with Crippen molar-refractivity contribution in [3.05, 3.63) is 83.4 Å². The number of hydrogen-bond donors (Lipinski definition) is 2. The van der Waals surface area contributed by atoms with Gasteiger partial charge in [0.2, 0.25) is 10.0 Å². The van der Waals surface area contributed by atoms with Crippen LogP contribution in [0.3, 0.4) is 0 Å². The molecule has 0 unspecified atom stereocenters. The molecule has 0 bridgehead atoms. The highest BCUT2D eigenvalue weighted by Gasteiger charge is 2.48. The average Bonchev–Trinajstić information content (AvgIpc) is 3.30. The molecule has 3 atom stereocenters. The van der Waals surface area contributed by atoms with Crippen molar-refractivity contribution in [1.29, 1.82) is 5.26 Å². The van der Waals surface area contributed by atoms with Gasteiger partial charge < -0.3 is 10.4 Å². The van der Waals surface area contributed by atoms with Gasteiger partial charge in [-0.3, -0.25) is 0 Å². The number of aliphatic hydroxyl groups excluding tert-OH is 1. The first-order valence-corrected chi connectivity index (χ1v) is 12.5. The number of nitriles is 1. The highest BCUT2D eigenvalue weighted by molar-refractivity contribution is 7.89. The van der Waals surface area contributed by atoms with Gasteiger partial charge in [-0.2, -0.15) is 9.57 Å². The zero-order chi connectivity index (χ0) is 23.2. The fraction of sp³-hybridized carbons (Fsp3) is 0.269. The number of aryl methyl sites for hydroxylation is 1. The number of benzene rings is 3. The predicted molar refractivity (Wildman–Crippen MR) is 127 cm³/mol. The molecule has 2 heterocycles. The second kappa shape index (κ2) is 8.31. The normalized spacial score (nSPS) is 22.2. The number of anilines is 1.